The number of hydrogen-bond donors (Lipinski definition) is 2. The van der Waals surface area contributed by atoms with Gasteiger partial charge in [-0.25, -0.2) is 9.97 Å². The van der Waals surface area contributed by atoms with Gasteiger partial charge in [0, 0.05) is 23.0 Å². The summed E-state index contributed by atoms with van der Waals surface area (Å²) >= 11 is 1.54. The van der Waals surface area contributed by atoms with Gasteiger partial charge in [0.05, 0.1) is 5.69 Å². The molecule has 5 rings (SSSR count). The first-order valence-electron chi connectivity index (χ1n) is 9.43. The van der Waals surface area contributed by atoms with Gasteiger partial charge in [-0.3, -0.25) is 9.89 Å². The molecule has 0 aliphatic heterocycles. The molecule has 0 unspecified atom stereocenters. The number of amides is 1. The van der Waals surface area contributed by atoms with Crippen molar-refractivity contribution in [3.05, 3.63) is 84.2 Å². The molecule has 0 atom stereocenters. The zero-order valence-electron chi connectivity index (χ0n) is 16.1. The summed E-state index contributed by atoms with van der Waals surface area (Å²) in [5, 5.41) is 11.0. The quantitative estimate of drug-likeness (QED) is 0.420. The van der Waals surface area contributed by atoms with E-state index in [2.05, 4.69) is 25.5 Å². The van der Waals surface area contributed by atoms with Crippen LogP contribution in [0.4, 0.5) is 5.69 Å². The molecule has 5 aromatic rings. The number of nitrogens with one attached hydrogen (secondary N) is 2. The Hall–Kier alpha value is -3.84. The Balaban J connectivity index is 1.42. The maximum absolute atomic E-state index is 12.8. The first kappa shape index (κ1) is 18.2. The van der Waals surface area contributed by atoms with E-state index in [0.717, 1.165) is 43.4 Å². The maximum atomic E-state index is 12.8. The molecule has 0 saturated carbocycles. The summed E-state index contributed by atoms with van der Waals surface area (Å²) in [7, 11) is 0. The van der Waals surface area contributed by atoms with Crippen LogP contribution in [0.2, 0.25) is 0 Å². The fourth-order valence-corrected chi connectivity index (χ4v) is 4.26. The lowest BCUT2D eigenvalue weighted by Gasteiger charge is -2.10. The van der Waals surface area contributed by atoms with Gasteiger partial charge in [-0.15, -0.1) is 0 Å². The van der Waals surface area contributed by atoms with E-state index in [-0.39, 0.29) is 5.91 Å². The van der Waals surface area contributed by atoms with Crippen molar-refractivity contribution in [2.24, 2.45) is 0 Å². The number of H-pyrrole nitrogens is 1. The molecule has 2 N–H and O–H groups in total. The average molecular weight is 411 g/mol. The van der Waals surface area contributed by atoms with Gasteiger partial charge in [-0.2, -0.15) is 5.10 Å². The summed E-state index contributed by atoms with van der Waals surface area (Å²) in [5.74, 6) is -0.240. The van der Waals surface area contributed by atoms with Crippen molar-refractivity contribution >= 4 is 33.3 Å². The Morgan fingerprint density at radius 1 is 1.03 bits per heavy atom. The standard InChI is InChI=1S/C23H17N5OS/c1-14-16(22-26-18-11-6-12-24-23(18)30-22)9-5-10-17(14)25-21(29)20-13-19(27-28-20)15-7-3-2-4-8-15/h2-13H,1H3,(H,25,29)(H,27,28). The number of aromatic nitrogens is 4. The summed E-state index contributed by atoms with van der Waals surface area (Å²) in [6, 6.07) is 21.1. The van der Waals surface area contributed by atoms with Crippen LogP contribution in [-0.4, -0.2) is 26.1 Å². The fraction of sp³-hybridized carbons (Fsp3) is 0.0435. The molecule has 0 fully saturated rings. The van der Waals surface area contributed by atoms with E-state index in [1.807, 2.05) is 67.6 Å². The number of fused-ring (bicyclic) bond motifs is 1. The van der Waals surface area contributed by atoms with Crippen LogP contribution in [-0.2, 0) is 0 Å². The highest BCUT2D eigenvalue weighted by molar-refractivity contribution is 7.21. The number of nitrogens with zero attached hydrogens (tertiary/aromatic N) is 3. The smallest absolute Gasteiger partial charge is 0.273 e. The summed E-state index contributed by atoms with van der Waals surface area (Å²) in [6.45, 7) is 1.98. The first-order chi connectivity index (χ1) is 14.7. The van der Waals surface area contributed by atoms with E-state index in [9.17, 15) is 4.79 Å². The molecule has 6 nitrogen and oxygen atoms in total. The number of rotatable bonds is 4. The highest BCUT2D eigenvalue weighted by Gasteiger charge is 2.15. The molecule has 0 bridgehead atoms. The van der Waals surface area contributed by atoms with E-state index < -0.39 is 0 Å². The first-order valence-corrected chi connectivity index (χ1v) is 10.2. The van der Waals surface area contributed by atoms with Gasteiger partial charge in [0.1, 0.15) is 21.0 Å². The van der Waals surface area contributed by atoms with Gasteiger partial charge in [-0.1, -0.05) is 53.8 Å². The highest BCUT2D eigenvalue weighted by atomic mass is 32.1. The Labute approximate surface area is 176 Å². The number of benzene rings is 2. The van der Waals surface area contributed by atoms with Crippen molar-refractivity contribution in [1.82, 2.24) is 20.2 Å². The second kappa shape index (κ2) is 7.53. The highest BCUT2D eigenvalue weighted by Crippen LogP contribution is 2.33. The molecule has 30 heavy (non-hydrogen) atoms. The number of carbonyl (C=O) groups excluding carboxylic acids is 1. The zero-order valence-corrected chi connectivity index (χ0v) is 16.9. The van der Waals surface area contributed by atoms with Gasteiger partial charge >= 0.3 is 0 Å². The van der Waals surface area contributed by atoms with E-state index >= 15 is 0 Å². The monoisotopic (exact) mass is 411 g/mol. The van der Waals surface area contributed by atoms with Crippen molar-refractivity contribution in [1.29, 1.82) is 0 Å². The van der Waals surface area contributed by atoms with E-state index in [4.69, 9.17) is 0 Å². The number of carbonyl (C=O) groups is 1. The Morgan fingerprint density at radius 2 is 1.90 bits per heavy atom. The van der Waals surface area contributed by atoms with Crippen LogP contribution < -0.4 is 5.32 Å². The SMILES string of the molecule is Cc1c(NC(=O)c2cc(-c3ccccc3)n[nH]2)cccc1-c1nc2cccnc2s1. The van der Waals surface area contributed by atoms with Crippen molar-refractivity contribution in [3.8, 4) is 21.8 Å². The minimum Gasteiger partial charge on any atom is -0.320 e. The predicted molar refractivity (Wildman–Crippen MR) is 120 cm³/mol. The van der Waals surface area contributed by atoms with Crippen LogP contribution in [0.5, 0.6) is 0 Å². The molecule has 0 aliphatic rings. The van der Waals surface area contributed by atoms with E-state index in [1.54, 1.807) is 12.3 Å². The Bertz CT molecular complexity index is 1320. The lowest BCUT2D eigenvalue weighted by molar-refractivity contribution is 0.102. The lowest BCUT2D eigenvalue weighted by Crippen LogP contribution is -2.13. The molecule has 146 valence electrons. The summed E-state index contributed by atoms with van der Waals surface area (Å²) < 4.78 is 0. The van der Waals surface area contributed by atoms with Crippen LogP contribution in [0, 0.1) is 6.92 Å². The van der Waals surface area contributed by atoms with Crippen LogP contribution in [0.1, 0.15) is 16.1 Å². The molecule has 3 heterocycles. The third-order valence-corrected chi connectivity index (χ3v) is 5.88. The second-order valence-corrected chi connectivity index (χ2v) is 7.79. The molecule has 0 saturated heterocycles. The Morgan fingerprint density at radius 3 is 2.73 bits per heavy atom. The van der Waals surface area contributed by atoms with Gasteiger partial charge in [-0.05, 0) is 36.8 Å². The number of thiazole rings is 1. The summed E-state index contributed by atoms with van der Waals surface area (Å²) in [6.07, 6.45) is 1.77. The number of anilines is 1. The van der Waals surface area contributed by atoms with Crippen molar-refractivity contribution in [2.75, 3.05) is 5.32 Å². The molecular weight excluding hydrogens is 394 g/mol. The third kappa shape index (κ3) is 3.35. The molecule has 2 aromatic carbocycles. The topological polar surface area (TPSA) is 83.6 Å². The van der Waals surface area contributed by atoms with Gasteiger partial charge in [0.2, 0.25) is 0 Å². The van der Waals surface area contributed by atoms with Gasteiger partial charge in [0.25, 0.3) is 5.91 Å². The van der Waals surface area contributed by atoms with Crippen LogP contribution in [0.25, 0.3) is 32.2 Å². The minimum absolute atomic E-state index is 0.240. The van der Waals surface area contributed by atoms with E-state index in [1.165, 1.54) is 11.3 Å². The predicted octanol–water partition coefficient (Wildman–Crippen LogP) is 5.31. The van der Waals surface area contributed by atoms with Crippen molar-refractivity contribution in [3.63, 3.8) is 0 Å². The van der Waals surface area contributed by atoms with Crippen LogP contribution >= 0.6 is 11.3 Å². The molecule has 0 spiro atoms. The molecule has 1 amide bonds. The second-order valence-electron chi connectivity index (χ2n) is 6.81. The van der Waals surface area contributed by atoms with Crippen molar-refractivity contribution in [2.45, 2.75) is 6.92 Å². The largest absolute Gasteiger partial charge is 0.320 e. The van der Waals surface area contributed by atoms with Crippen LogP contribution in [0.3, 0.4) is 0 Å². The summed E-state index contributed by atoms with van der Waals surface area (Å²) in [4.78, 5) is 22.7. The minimum atomic E-state index is -0.240. The molecule has 7 heteroatoms. The number of aromatic amines is 1. The lowest BCUT2D eigenvalue weighted by atomic mass is 10.1. The van der Waals surface area contributed by atoms with Crippen molar-refractivity contribution < 1.29 is 4.79 Å². The van der Waals surface area contributed by atoms with Gasteiger partial charge in [0.15, 0.2) is 0 Å². The normalized spacial score (nSPS) is 11.0. The van der Waals surface area contributed by atoms with Gasteiger partial charge < -0.3 is 5.32 Å². The van der Waals surface area contributed by atoms with E-state index in [0.29, 0.717) is 5.69 Å². The summed E-state index contributed by atoms with van der Waals surface area (Å²) in [5.41, 5.74) is 5.63. The molecular formula is C23H17N5OS. The maximum Gasteiger partial charge on any atom is 0.273 e. The number of pyridine rings is 1. The molecule has 0 radical (unpaired) electrons. The number of hydrogen-bond acceptors (Lipinski definition) is 5. The third-order valence-electron chi connectivity index (χ3n) is 4.87. The Kier molecular flexibility index (Phi) is 4.57. The van der Waals surface area contributed by atoms with Crippen LogP contribution in [0.15, 0.2) is 72.9 Å². The fourth-order valence-electron chi connectivity index (χ4n) is 3.27. The molecule has 3 aromatic heterocycles. The molecule has 0 aliphatic carbocycles. The zero-order chi connectivity index (χ0) is 20.5. The average Bonchev–Trinajstić information content (AvgIpc) is 3.43.